The molecule has 0 bridgehead atoms. The molecule has 1 amide bonds. The number of likely N-dealkylation sites (N-methyl/N-ethyl adjacent to an activating group) is 1. The van der Waals surface area contributed by atoms with Crippen molar-refractivity contribution in [2.75, 3.05) is 19.1 Å². The van der Waals surface area contributed by atoms with Crippen molar-refractivity contribution in [3.05, 3.63) is 63.9 Å². The SMILES string of the molecule is COc1cc(F)cc(-c2nn(CC3=NC4C=NN(C)[C@H]4C(=O)N3c3ccccc3C)c3ncnc(I)c23)c1. The topological polar surface area (TPSA) is 101 Å². The maximum Gasteiger partial charge on any atom is 0.259 e. The Hall–Kier alpha value is -3.94. The van der Waals surface area contributed by atoms with Gasteiger partial charge in [0, 0.05) is 18.7 Å². The van der Waals surface area contributed by atoms with Crippen molar-refractivity contribution in [1.29, 1.82) is 0 Å². The average Bonchev–Trinajstić information content (AvgIpc) is 3.46. The van der Waals surface area contributed by atoms with Crippen LogP contribution in [-0.4, -0.2) is 69.0 Å². The van der Waals surface area contributed by atoms with Crippen molar-refractivity contribution < 1.29 is 13.9 Å². The van der Waals surface area contributed by atoms with Crippen LogP contribution in [0.1, 0.15) is 5.56 Å². The molecule has 0 saturated heterocycles. The van der Waals surface area contributed by atoms with Gasteiger partial charge in [-0.3, -0.25) is 19.7 Å². The molecule has 4 aromatic rings. The summed E-state index contributed by atoms with van der Waals surface area (Å²) in [5.74, 6) is 0.314. The summed E-state index contributed by atoms with van der Waals surface area (Å²) in [6, 6.07) is 11.2. The molecule has 12 heteroatoms. The van der Waals surface area contributed by atoms with Gasteiger partial charge in [-0.05, 0) is 53.3 Å². The van der Waals surface area contributed by atoms with Gasteiger partial charge in [-0.25, -0.2) is 19.0 Å². The number of hydrogen-bond donors (Lipinski definition) is 0. The first kappa shape index (κ1) is 24.4. The summed E-state index contributed by atoms with van der Waals surface area (Å²) in [5, 5.41) is 11.5. The number of carbonyl (C=O) groups is 1. The number of methoxy groups -OCH3 is 1. The molecule has 2 aromatic heterocycles. The molecule has 6 rings (SSSR count). The van der Waals surface area contributed by atoms with Crippen molar-refractivity contribution in [2.45, 2.75) is 25.6 Å². The number of amides is 1. The second-order valence-electron chi connectivity index (χ2n) is 9.03. The van der Waals surface area contributed by atoms with Gasteiger partial charge in [-0.1, -0.05) is 18.2 Å². The predicted octanol–water partition coefficient (Wildman–Crippen LogP) is 3.67. The number of aliphatic imine (C=N–C) groups is 1. The van der Waals surface area contributed by atoms with E-state index in [2.05, 4.69) is 37.7 Å². The number of aromatic nitrogens is 4. The minimum atomic E-state index is -0.522. The van der Waals surface area contributed by atoms with Crippen LogP contribution in [0.25, 0.3) is 22.3 Å². The summed E-state index contributed by atoms with van der Waals surface area (Å²) in [6.07, 6.45) is 3.15. The fourth-order valence-corrected chi connectivity index (χ4v) is 5.49. The monoisotopic (exact) mass is 624 g/mol. The molecular formula is C26H22FIN8O2. The quantitative estimate of drug-likeness (QED) is 0.248. The summed E-state index contributed by atoms with van der Waals surface area (Å²) in [6.45, 7) is 2.10. The molecule has 0 spiro atoms. The lowest BCUT2D eigenvalue weighted by Gasteiger charge is -2.35. The van der Waals surface area contributed by atoms with Gasteiger partial charge < -0.3 is 4.74 Å². The average molecular weight is 624 g/mol. The lowest BCUT2D eigenvalue weighted by atomic mass is 10.0. The van der Waals surface area contributed by atoms with Gasteiger partial charge >= 0.3 is 0 Å². The van der Waals surface area contributed by atoms with Crippen LogP contribution in [0.2, 0.25) is 0 Å². The van der Waals surface area contributed by atoms with Crippen molar-refractivity contribution in [2.24, 2.45) is 10.1 Å². The van der Waals surface area contributed by atoms with Crippen LogP contribution in [-0.2, 0) is 11.3 Å². The van der Waals surface area contributed by atoms with Gasteiger partial charge in [-0.15, -0.1) is 0 Å². The van der Waals surface area contributed by atoms with Crippen LogP contribution in [0.15, 0.2) is 58.9 Å². The fraction of sp³-hybridized carbons (Fsp3) is 0.231. The number of ether oxygens (including phenoxy) is 1. The number of halogens is 2. The molecule has 0 N–H and O–H groups in total. The van der Waals surface area contributed by atoms with E-state index < -0.39 is 17.9 Å². The fourth-order valence-electron chi connectivity index (χ4n) is 4.87. The van der Waals surface area contributed by atoms with E-state index in [1.54, 1.807) is 33.9 Å². The molecule has 1 unspecified atom stereocenters. The zero-order valence-electron chi connectivity index (χ0n) is 20.7. The summed E-state index contributed by atoms with van der Waals surface area (Å²) in [4.78, 5) is 29.3. The Morgan fingerprint density at radius 1 is 1.16 bits per heavy atom. The van der Waals surface area contributed by atoms with Crippen molar-refractivity contribution in [3.8, 4) is 17.0 Å². The Kier molecular flexibility index (Phi) is 6.05. The standard InChI is InChI=1S/C26H22FIN8O2/c1-14-6-4-5-7-19(14)36-20(32-18-11-31-34(2)23(18)26(36)37)12-35-25-21(24(28)29-13-30-25)22(33-35)15-8-16(27)10-17(9-15)38-3/h4-11,13,18,23H,12H2,1-3H3/t18?,23-/m1/s1. The zero-order chi connectivity index (χ0) is 26.6. The molecular weight excluding hydrogens is 602 g/mol. The number of hydrogen-bond acceptors (Lipinski definition) is 8. The number of anilines is 1. The van der Waals surface area contributed by atoms with Crippen molar-refractivity contribution in [1.82, 2.24) is 24.8 Å². The van der Waals surface area contributed by atoms with Gasteiger partial charge in [0.05, 0.1) is 24.4 Å². The van der Waals surface area contributed by atoms with Gasteiger partial charge in [0.2, 0.25) is 0 Å². The van der Waals surface area contributed by atoms with Crippen LogP contribution >= 0.6 is 22.6 Å². The van der Waals surface area contributed by atoms with E-state index in [-0.39, 0.29) is 12.5 Å². The van der Waals surface area contributed by atoms with Gasteiger partial charge in [0.25, 0.3) is 5.91 Å². The van der Waals surface area contributed by atoms with E-state index in [4.69, 9.17) is 14.8 Å². The third kappa shape index (κ3) is 3.99. The molecule has 2 aliphatic rings. The molecule has 192 valence electrons. The van der Waals surface area contributed by atoms with E-state index in [1.807, 2.05) is 31.2 Å². The van der Waals surface area contributed by atoms with Crippen LogP contribution in [0.3, 0.4) is 0 Å². The molecule has 0 radical (unpaired) electrons. The minimum Gasteiger partial charge on any atom is -0.497 e. The molecule has 2 aliphatic heterocycles. The third-order valence-corrected chi connectivity index (χ3v) is 7.49. The molecule has 10 nitrogen and oxygen atoms in total. The lowest BCUT2D eigenvalue weighted by molar-refractivity contribution is -0.122. The number of hydrazone groups is 1. The van der Waals surface area contributed by atoms with Gasteiger partial charge in [0.15, 0.2) is 11.7 Å². The number of amidine groups is 1. The van der Waals surface area contributed by atoms with Crippen LogP contribution in [0, 0.1) is 16.4 Å². The first-order valence-electron chi connectivity index (χ1n) is 11.8. The predicted molar refractivity (Wildman–Crippen MR) is 150 cm³/mol. The van der Waals surface area contributed by atoms with Gasteiger partial charge in [-0.2, -0.15) is 10.2 Å². The normalized spacial score (nSPS) is 18.8. The molecule has 38 heavy (non-hydrogen) atoms. The maximum atomic E-state index is 14.4. The van der Waals surface area contributed by atoms with Crippen LogP contribution in [0.5, 0.6) is 5.75 Å². The first-order chi connectivity index (χ1) is 18.4. The highest BCUT2D eigenvalue weighted by atomic mass is 127. The maximum absolute atomic E-state index is 14.4. The third-order valence-electron chi connectivity index (χ3n) is 6.67. The Morgan fingerprint density at radius 3 is 2.76 bits per heavy atom. The molecule has 2 aromatic carbocycles. The Balaban J connectivity index is 1.51. The molecule has 2 atom stereocenters. The molecule has 0 aliphatic carbocycles. The lowest BCUT2D eigenvalue weighted by Crippen LogP contribution is -2.56. The molecule has 4 heterocycles. The smallest absolute Gasteiger partial charge is 0.259 e. The van der Waals surface area contributed by atoms with E-state index in [0.717, 1.165) is 11.3 Å². The Morgan fingerprint density at radius 2 is 1.97 bits per heavy atom. The second-order valence-corrected chi connectivity index (χ2v) is 10.0. The number of rotatable bonds is 5. The minimum absolute atomic E-state index is 0.120. The van der Waals surface area contributed by atoms with Gasteiger partial charge in [0.1, 0.15) is 45.7 Å². The van der Waals surface area contributed by atoms with E-state index >= 15 is 0 Å². The summed E-state index contributed by atoms with van der Waals surface area (Å²) < 4.78 is 22.1. The summed E-state index contributed by atoms with van der Waals surface area (Å²) in [5.41, 5.74) is 3.25. The number of nitrogens with zero attached hydrogens (tertiary/aromatic N) is 8. The van der Waals surface area contributed by atoms with E-state index in [0.29, 0.717) is 37.6 Å². The Bertz CT molecular complexity index is 1650. The zero-order valence-corrected chi connectivity index (χ0v) is 22.9. The van der Waals surface area contributed by atoms with Crippen molar-refractivity contribution >= 4 is 57.3 Å². The summed E-state index contributed by atoms with van der Waals surface area (Å²) >= 11 is 2.12. The number of aryl methyl sites for hydroxylation is 1. The number of carbonyl (C=O) groups excluding carboxylic acids is 1. The van der Waals surface area contributed by atoms with Crippen LogP contribution in [0.4, 0.5) is 10.1 Å². The summed E-state index contributed by atoms with van der Waals surface area (Å²) in [7, 11) is 3.26. The molecule has 0 saturated carbocycles. The highest BCUT2D eigenvalue weighted by Gasteiger charge is 2.44. The number of para-hydroxylation sites is 1. The van der Waals surface area contributed by atoms with Crippen molar-refractivity contribution in [3.63, 3.8) is 0 Å². The highest BCUT2D eigenvalue weighted by molar-refractivity contribution is 14.1. The number of fused-ring (bicyclic) bond motifs is 2. The first-order valence-corrected chi connectivity index (χ1v) is 12.9. The second kappa shape index (κ2) is 9.42. The Labute approximate surface area is 231 Å². The van der Waals surface area contributed by atoms with E-state index in [1.165, 1.54) is 25.6 Å². The largest absolute Gasteiger partial charge is 0.497 e. The van der Waals surface area contributed by atoms with E-state index in [9.17, 15) is 9.18 Å². The molecule has 0 fully saturated rings. The highest BCUT2D eigenvalue weighted by Crippen LogP contribution is 2.33. The van der Waals surface area contributed by atoms with Crippen LogP contribution < -0.4 is 9.64 Å². The number of benzene rings is 2.